The first kappa shape index (κ1) is 31.4. The van der Waals surface area contributed by atoms with Gasteiger partial charge < -0.3 is 21.1 Å². The van der Waals surface area contributed by atoms with Crippen LogP contribution >= 0.6 is 0 Å². The second-order valence-corrected chi connectivity index (χ2v) is 10.0. The number of aromatic nitrogens is 2. The topological polar surface area (TPSA) is 116 Å². The molecule has 1 aliphatic rings. The van der Waals surface area contributed by atoms with Gasteiger partial charge in [-0.1, -0.05) is 79.4 Å². The number of aryl methyl sites for hydroxylation is 1. The van der Waals surface area contributed by atoms with Gasteiger partial charge in [-0.25, -0.2) is 9.78 Å². The first-order chi connectivity index (χ1) is 19.6. The van der Waals surface area contributed by atoms with E-state index < -0.39 is 18.2 Å². The van der Waals surface area contributed by atoms with Crippen LogP contribution in [0.1, 0.15) is 48.8 Å². The first-order valence-corrected chi connectivity index (χ1v) is 13.6. The molecule has 0 spiro atoms. The molecule has 0 saturated heterocycles. The third kappa shape index (κ3) is 11.5. The van der Waals surface area contributed by atoms with Crippen LogP contribution in [0.5, 0.6) is 0 Å². The van der Waals surface area contributed by atoms with Crippen molar-refractivity contribution in [1.82, 2.24) is 15.3 Å². The monoisotopic (exact) mass is 571 g/mol. The minimum Gasteiger partial charge on any atom is -0.475 e. The molecule has 0 bridgehead atoms. The fourth-order valence-electron chi connectivity index (χ4n) is 4.41. The molecule has 1 atom stereocenters. The van der Waals surface area contributed by atoms with E-state index in [1.807, 2.05) is 48.5 Å². The van der Waals surface area contributed by atoms with Crippen molar-refractivity contribution in [2.24, 2.45) is 5.92 Å². The molecule has 11 heteroatoms. The number of carbonyl (C=O) groups excluding carboxylic acids is 1. The number of carboxylic acid groups (broad SMARTS) is 1. The van der Waals surface area contributed by atoms with Crippen molar-refractivity contribution >= 4 is 23.6 Å². The maximum Gasteiger partial charge on any atom is 0.490 e. The van der Waals surface area contributed by atoms with Gasteiger partial charge in [0, 0.05) is 25.7 Å². The summed E-state index contributed by atoms with van der Waals surface area (Å²) in [6.07, 6.45) is 3.73. The van der Waals surface area contributed by atoms with Crippen molar-refractivity contribution < 1.29 is 27.9 Å². The number of anilines is 2. The molecule has 8 nitrogen and oxygen atoms in total. The maximum atomic E-state index is 13.2. The van der Waals surface area contributed by atoms with Crippen LogP contribution in [0.25, 0.3) is 0 Å². The highest BCUT2D eigenvalue weighted by atomic mass is 19.4. The number of halogens is 3. The van der Waals surface area contributed by atoms with Crippen molar-refractivity contribution in [2.75, 3.05) is 17.2 Å². The van der Waals surface area contributed by atoms with E-state index in [1.165, 1.54) is 37.7 Å². The highest BCUT2D eigenvalue weighted by molar-refractivity contribution is 5.84. The lowest BCUT2D eigenvalue weighted by atomic mass is 9.89. The maximum absolute atomic E-state index is 13.2. The normalized spacial score (nSPS) is 14.2. The summed E-state index contributed by atoms with van der Waals surface area (Å²) in [5.41, 5.74) is 3.37. The van der Waals surface area contributed by atoms with Crippen LogP contribution in [-0.2, 0) is 22.6 Å². The number of benzene rings is 2. The quantitative estimate of drug-likeness (QED) is 0.245. The van der Waals surface area contributed by atoms with Crippen LogP contribution < -0.4 is 16.0 Å². The Morgan fingerprint density at radius 3 is 2.27 bits per heavy atom. The molecule has 3 aromatic rings. The average Bonchev–Trinajstić information content (AvgIpc) is 2.96. The minimum atomic E-state index is -5.08. The number of alkyl halides is 3. The molecule has 1 aliphatic carbocycles. The first-order valence-electron chi connectivity index (χ1n) is 13.6. The van der Waals surface area contributed by atoms with E-state index in [0.717, 1.165) is 17.7 Å². The molecule has 2 aromatic carbocycles. The summed E-state index contributed by atoms with van der Waals surface area (Å²) in [5, 5.41) is 16.9. The van der Waals surface area contributed by atoms with Crippen molar-refractivity contribution in [2.45, 2.75) is 64.2 Å². The van der Waals surface area contributed by atoms with Gasteiger partial charge in [0.2, 0.25) is 11.9 Å². The third-order valence-corrected chi connectivity index (χ3v) is 6.68. The highest BCUT2D eigenvalue weighted by Crippen LogP contribution is 2.23. The second kappa shape index (κ2) is 15.6. The lowest BCUT2D eigenvalue weighted by molar-refractivity contribution is -0.192. The van der Waals surface area contributed by atoms with Gasteiger partial charge in [-0.2, -0.15) is 18.2 Å². The molecule has 1 amide bonds. The lowest BCUT2D eigenvalue weighted by Gasteiger charge is -2.22. The molecule has 1 aromatic heterocycles. The molecule has 220 valence electrons. The van der Waals surface area contributed by atoms with Gasteiger partial charge in [-0.05, 0) is 42.9 Å². The molecule has 1 saturated carbocycles. The van der Waals surface area contributed by atoms with Crippen LogP contribution in [0.2, 0.25) is 0 Å². The Hall–Kier alpha value is -4.15. The molecule has 4 rings (SSSR count). The van der Waals surface area contributed by atoms with E-state index in [4.69, 9.17) is 9.90 Å². The standard InChI is InChI=1S/C28H35N5O.C2HF3O2/c1-21-12-14-24(15-13-21)19-30-27(34)25(18-22-8-4-2-5-9-22)32-26-16-17-29-28(33-26)31-20-23-10-6-3-7-11-23;3-2(4,5)1(6)7/h2,4-5,8-9,12-17,23,25H,3,6-7,10-11,18-20H2,1H3,(H,30,34)(H2,29,31,32,33);(H,6,7)/t25-;/m0./s1. The highest BCUT2D eigenvalue weighted by Gasteiger charge is 2.38. The Kier molecular flexibility index (Phi) is 11.9. The zero-order chi connectivity index (χ0) is 29.7. The summed E-state index contributed by atoms with van der Waals surface area (Å²) in [5.74, 6) is -0.874. The second-order valence-electron chi connectivity index (χ2n) is 10.0. The van der Waals surface area contributed by atoms with Crippen LogP contribution in [0, 0.1) is 12.8 Å². The van der Waals surface area contributed by atoms with E-state index in [2.05, 4.69) is 45.0 Å². The van der Waals surface area contributed by atoms with Crippen molar-refractivity contribution in [3.8, 4) is 0 Å². The summed E-state index contributed by atoms with van der Waals surface area (Å²) < 4.78 is 31.7. The van der Waals surface area contributed by atoms with E-state index in [0.29, 0.717) is 30.6 Å². The summed E-state index contributed by atoms with van der Waals surface area (Å²) in [6, 6.07) is 19.6. The van der Waals surface area contributed by atoms with Gasteiger partial charge in [0.05, 0.1) is 0 Å². The molecule has 41 heavy (non-hydrogen) atoms. The van der Waals surface area contributed by atoms with Crippen LogP contribution in [0.15, 0.2) is 66.9 Å². The third-order valence-electron chi connectivity index (χ3n) is 6.68. The van der Waals surface area contributed by atoms with E-state index >= 15 is 0 Å². The smallest absolute Gasteiger partial charge is 0.475 e. The molecule has 1 fully saturated rings. The minimum absolute atomic E-state index is 0.0558. The zero-order valence-corrected chi connectivity index (χ0v) is 23.0. The summed E-state index contributed by atoms with van der Waals surface area (Å²) >= 11 is 0. The fraction of sp³-hybridized carbons (Fsp3) is 0.400. The Balaban J connectivity index is 0.000000587. The number of nitrogens with one attached hydrogen (secondary N) is 3. The summed E-state index contributed by atoms with van der Waals surface area (Å²) in [4.78, 5) is 31.1. The van der Waals surface area contributed by atoms with Gasteiger partial charge in [-0.15, -0.1) is 0 Å². The van der Waals surface area contributed by atoms with E-state index in [-0.39, 0.29) is 5.91 Å². The van der Waals surface area contributed by atoms with Crippen LogP contribution in [0.3, 0.4) is 0 Å². The number of hydrogen-bond donors (Lipinski definition) is 4. The summed E-state index contributed by atoms with van der Waals surface area (Å²) in [6.45, 7) is 3.44. The Morgan fingerprint density at radius 1 is 0.976 bits per heavy atom. The van der Waals surface area contributed by atoms with Gasteiger partial charge in [-0.3, -0.25) is 4.79 Å². The summed E-state index contributed by atoms with van der Waals surface area (Å²) in [7, 11) is 0. The van der Waals surface area contributed by atoms with Gasteiger partial charge in [0.25, 0.3) is 0 Å². The molecule has 1 heterocycles. The Labute approximate surface area is 237 Å². The van der Waals surface area contributed by atoms with Crippen LogP contribution in [0.4, 0.5) is 24.9 Å². The largest absolute Gasteiger partial charge is 0.490 e. The molecular formula is C30H36F3N5O3. The zero-order valence-electron chi connectivity index (χ0n) is 23.0. The number of rotatable bonds is 10. The van der Waals surface area contributed by atoms with E-state index in [9.17, 15) is 18.0 Å². The number of amides is 1. The number of carboxylic acids is 1. The van der Waals surface area contributed by atoms with Gasteiger partial charge >= 0.3 is 12.1 Å². The Morgan fingerprint density at radius 2 is 1.63 bits per heavy atom. The van der Waals surface area contributed by atoms with Crippen molar-refractivity contribution in [3.05, 3.63) is 83.6 Å². The van der Waals surface area contributed by atoms with Crippen LogP contribution in [-0.4, -0.2) is 45.7 Å². The number of aliphatic carboxylic acids is 1. The predicted octanol–water partition coefficient (Wildman–Crippen LogP) is 5.75. The lowest BCUT2D eigenvalue weighted by Crippen LogP contribution is -2.41. The Bertz CT molecular complexity index is 1230. The van der Waals surface area contributed by atoms with Gasteiger partial charge in [0.15, 0.2) is 0 Å². The SMILES string of the molecule is Cc1ccc(CNC(=O)[C@H](Cc2ccccc2)Nc2ccnc(NCC3CCCCC3)n2)cc1.O=C(O)C(F)(F)F. The van der Waals surface area contributed by atoms with Crippen molar-refractivity contribution in [1.29, 1.82) is 0 Å². The fourth-order valence-corrected chi connectivity index (χ4v) is 4.41. The molecular weight excluding hydrogens is 535 g/mol. The molecule has 0 aliphatic heterocycles. The number of nitrogens with zero attached hydrogens (tertiary/aromatic N) is 2. The number of carbonyl (C=O) groups is 2. The number of hydrogen-bond acceptors (Lipinski definition) is 6. The van der Waals surface area contributed by atoms with Gasteiger partial charge in [0.1, 0.15) is 11.9 Å². The predicted molar refractivity (Wildman–Crippen MR) is 151 cm³/mol. The molecule has 4 N–H and O–H groups in total. The molecule has 0 unspecified atom stereocenters. The van der Waals surface area contributed by atoms with Crippen molar-refractivity contribution in [3.63, 3.8) is 0 Å². The average molecular weight is 572 g/mol. The molecule has 0 radical (unpaired) electrons. The van der Waals surface area contributed by atoms with E-state index in [1.54, 1.807) is 6.20 Å².